The third kappa shape index (κ3) is 4.70. The monoisotopic (exact) mass is 519 g/mol. The number of ketones is 1. The molecule has 9 heteroatoms. The summed E-state index contributed by atoms with van der Waals surface area (Å²) in [5, 5.41) is 13.1. The first-order valence-corrected chi connectivity index (χ1v) is 12.7. The van der Waals surface area contributed by atoms with Crippen LogP contribution in [0.25, 0.3) is 5.76 Å². The average molecular weight is 520 g/mol. The molecule has 2 aliphatic rings. The zero-order chi connectivity index (χ0) is 26.1. The molecule has 5 rings (SSSR count). The van der Waals surface area contributed by atoms with Crippen LogP contribution >= 0.6 is 11.3 Å². The smallest absolute Gasteiger partial charge is 0.338 e. The zero-order valence-electron chi connectivity index (χ0n) is 20.3. The third-order valence-electron chi connectivity index (χ3n) is 6.00. The number of esters is 1. The highest BCUT2D eigenvalue weighted by Crippen LogP contribution is 2.44. The SMILES string of the molecule is CC(C)COC(=O)c1ccc(N2C(=O)C(=O)/C(=C(\O)c3ccc4c(c3)OCCO4)C2c2cccs2)cc1. The Kier molecular flexibility index (Phi) is 6.71. The Labute approximate surface area is 217 Å². The van der Waals surface area contributed by atoms with Crippen molar-refractivity contribution in [3.05, 3.63) is 81.6 Å². The number of thiophene rings is 1. The summed E-state index contributed by atoms with van der Waals surface area (Å²) in [7, 11) is 0. The molecule has 0 bridgehead atoms. The lowest BCUT2D eigenvalue weighted by Gasteiger charge is -2.24. The van der Waals surface area contributed by atoms with E-state index in [9.17, 15) is 19.5 Å². The Morgan fingerprint density at radius 1 is 1.05 bits per heavy atom. The highest BCUT2D eigenvalue weighted by Gasteiger charge is 2.47. The molecule has 1 atom stereocenters. The lowest BCUT2D eigenvalue weighted by Crippen LogP contribution is -2.29. The van der Waals surface area contributed by atoms with Gasteiger partial charge in [0, 0.05) is 16.1 Å². The summed E-state index contributed by atoms with van der Waals surface area (Å²) >= 11 is 1.37. The van der Waals surface area contributed by atoms with Crippen LogP contribution in [-0.2, 0) is 14.3 Å². The number of hydrogen-bond donors (Lipinski definition) is 1. The molecule has 2 aliphatic heterocycles. The normalized spacial score (nSPS) is 18.4. The van der Waals surface area contributed by atoms with Crippen molar-refractivity contribution < 1.29 is 33.7 Å². The van der Waals surface area contributed by atoms with Crippen molar-refractivity contribution in [2.75, 3.05) is 24.7 Å². The molecule has 0 aliphatic carbocycles. The molecule has 3 heterocycles. The van der Waals surface area contributed by atoms with E-state index in [1.54, 1.807) is 42.5 Å². The van der Waals surface area contributed by atoms with Crippen LogP contribution in [0.3, 0.4) is 0 Å². The molecule has 0 saturated carbocycles. The van der Waals surface area contributed by atoms with Gasteiger partial charge in [0.25, 0.3) is 11.7 Å². The third-order valence-corrected chi connectivity index (χ3v) is 6.93. The van der Waals surface area contributed by atoms with Crippen LogP contribution in [-0.4, -0.2) is 42.6 Å². The van der Waals surface area contributed by atoms with Gasteiger partial charge >= 0.3 is 5.97 Å². The summed E-state index contributed by atoms with van der Waals surface area (Å²) in [6, 6.07) is 14.0. The summed E-state index contributed by atoms with van der Waals surface area (Å²) < 4.78 is 16.4. The standard InChI is InChI=1S/C28H25NO7S/c1-16(2)15-36-28(33)17-5-8-19(9-6-17)29-24(22-4-3-13-37-22)23(26(31)27(29)32)25(30)18-7-10-20-21(14-18)35-12-11-34-20/h3-10,13-14,16,24,30H,11-12,15H2,1-2H3/b25-23-. The minimum atomic E-state index is -0.841. The maximum Gasteiger partial charge on any atom is 0.338 e. The Morgan fingerprint density at radius 3 is 2.43 bits per heavy atom. The molecule has 0 radical (unpaired) electrons. The van der Waals surface area contributed by atoms with E-state index in [0.717, 1.165) is 0 Å². The number of rotatable bonds is 6. The molecule has 1 fully saturated rings. The Bertz CT molecular complexity index is 1380. The lowest BCUT2D eigenvalue weighted by molar-refractivity contribution is -0.132. The summed E-state index contributed by atoms with van der Waals surface area (Å²) in [4.78, 5) is 41.0. The first kappa shape index (κ1) is 24.6. The van der Waals surface area contributed by atoms with Crippen LogP contribution in [0.4, 0.5) is 5.69 Å². The second-order valence-electron chi connectivity index (χ2n) is 9.08. The minimum Gasteiger partial charge on any atom is -0.507 e. The molecule has 2 aromatic carbocycles. The molecule has 1 unspecified atom stereocenters. The first-order valence-electron chi connectivity index (χ1n) is 11.9. The zero-order valence-corrected chi connectivity index (χ0v) is 21.1. The predicted molar refractivity (Wildman–Crippen MR) is 138 cm³/mol. The van der Waals surface area contributed by atoms with Crippen LogP contribution in [0.2, 0.25) is 0 Å². The maximum atomic E-state index is 13.3. The number of ether oxygens (including phenoxy) is 3. The van der Waals surface area contributed by atoms with Crippen LogP contribution in [0.1, 0.15) is 40.7 Å². The van der Waals surface area contributed by atoms with E-state index >= 15 is 0 Å². The quantitative estimate of drug-likeness (QED) is 0.213. The van der Waals surface area contributed by atoms with Crippen LogP contribution in [0.15, 0.2) is 65.6 Å². The highest BCUT2D eigenvalue weighted by molar-refractivity contribution is 7.10. The molecular weight excluding hydrogens is 494 g/mol. The Hall–Kier alpha value is -4.11. The van der Waals surface area contributed by atoms with Crippen molar-refractivity contribution in [1.29, 1.82) is 0 Å². The number of nitrogens with zero attached hydrogens (tertiary/aromatic N) is 1. The highest BCUT2D eigenvalue weighted by atomic mass is 32.1. The number of carbonyl (C=O) groups is 3. The number of benzene rings is 2. The van der Waals surface area contributed by atoms with Crippen molar-refractivity contribution in [2.45, 2.75) is 19.9 Å². The number of hydrogen-bond acceptors (Lipinski definition) is 8. The maximum absolute atomic E-state index is 13.3. The van der Waals surface area contributed by atoms with Gasteiger partial charge in [-0.05, 0) is 59.8 Å². The molecule has 1 N–H and O–H groups in total. The largest absolute Gasteiger partial charge is 0.507 e. The Balaban J connectivity index is 1.54. The van der Waals surface area contributed by atoms with Gasteiger partial charge in [0.15, 0.2) is 11.5 Å². The number of amides is 1. The second-order valence-corrected chi connectivity index (χ2v) is 10.1. The Morgan fingerprint density at radius 2 is 1.76 bits per heavy atom. The summed E-state index contributed by atoms with van der Waals surface area (Å²) in [5.74, 6) is -1.13. The fourth-order valence-electron chi connectivity index (χ4n) is 4.24. The summed E-state index contributed by atoms with van der Waals surface area (Å²) in [6.45, 7) is 4.99. The van der Waals surface area contributed by atoms with Crippen molar-refractivity contribution in [3.63, 3.8) is 0 Å². The molecule has 0 spiro atoms. The van der Waals surface area contributed by atoms with Gasteiger partial charge in [0.2, 0.25) is 0 Å². The number of fused-ring (bicyclic) bond motifs is 1. The number of anilines is 1. The van der Waals surface area contributed by atoms with Gasteiger partial charge in [0.05, 0.1) is 17.7 Å². The van der Waals surface area contributed by atoms with Crippen molar-refractivity contribution in [2.24, 2.45) is 5.92 Å². The van der Waals surface area contributed by atoms with E-state index in [4.69, 9.17) is 14.2 Å². The van der Waals surface area contributed by atoms with Gasteiger partial charge in [-0.3, -0.25) is 14.5 Å². The molecule has 3 aromatic rings. The topological polar surface area (TPSA) is 102 Å². The molecule has 1 aromatic heterocycles. The van der Waals surface area contributed by atoms with Gasteiger partial charge in [-0.15, -0.1) is 11.3 Å². The number of carbonyl (C=O) groups excluding carboxylic acids is 3. The van der Waals surface area contributed by atoms with Crippen LogP contribution in [0, 0.1) is 5.92 Å². The van der Waals surface area contributed by atoms with Crippen molar-refractivity contribution in [1.82, 2.24) is 0 Å². The first-order chi connectivity index (χ1) is 17.8. The second kappa shape index (κ2) is 10.1. The summed E-state index contributed by atoms with van der Waals surface area (Å²) in [5.41, 5.74) is 1.07. The summed E-state index contributed by atoms with van der Waals surface area (Å²) in [6.07, 6.45) is 0. The van der Waals surface area contributed by atoms with E-state index < -0.39 is 23.7 Å². The van der Waals surface area contributed by atoms with E-state index in [2.05, 4.69) is 0 Å². The van der Waals surface area contributed by atoms with Crippen molar-refractivity contribution in [3.8, 4) is 11.5 Å². The molecular formula is C28H25NO7S. The van der Waals surface area contributed by atoms with Gasteiger partial charge in [-0.25, -0.2) is 4.79 Å². The van der Waals surface area contributed by atoms with Crippen molar-refractivity contribution >= 4 is 40.4 Å². The molecule has 1 saturated heterocycles. The molecule has 190 valence electrons. The number of Topliss-reactive ketones (excluding diaryl/α,β-unsaturated/α-hetero) is 1. The molecule has 8 nitrogen and oxygen atoms in total. The van der Waals surface area contributed by atoms with Crippen LogP contribution in [0.5, 0.6) is 11.5 Å². The van der Waals surface area contributed by atoms with Gasteiger partial charge in [-0.1, -0.05) is 19.9 Å². The average Bonchev–Trinajstić information content (AvgIpc) is 3.53. The minimum absolute atomic E-state index is 0.0236. The van der Waals surface area contributed by atoms with E-state index in [-0.39, 0.29) is 17.3 Å². The van der Waals surface area contributed by atoms with E-state index in [1.165, 1.54) is 16.2 Å². The lowest BCUT2D eigenvalue weighted by atomic mass is 9.99. The van der Waals surface area contributed by atoms with E-state index in [0.29, 0.717) is 53.0 Å². The molecule has 1 amide bonds. The number of aliphatic hydroxyl groups excluding tert-OH is 1. The fourth-order valence-corrected chi connectivity index (χ4v) is 5.07. The van der Waals surface area contributed by atoms with Crippen LogP contribution < -0.4 is 14.4 Å². The van der Waals surface area contributed by atoms with Gasteiger partial charge in [-0.2, -0.15) is 0 Å². The molecule has 37 heavy (non-hydrogen) atoms. The predicted octanol–water partition coefficient (Wildman–Crippen LogP) is 4.96. The van der Waals surface area contributed by atoms with Gasteiger partial charge < -0.3 is 19.3 Å². The fraction of sp³-hybridized carbons (Fsp3) is 0.250. The number of aliphatic hydroxyl groups is 1. The van der Waals surface area contributed by atoms with Gasteiger partial charge in [0.1, 0.15) is 25.0 Å². The van der Waals surface area contributed by atoms with E-state index in [1.807, 2.05) is 31.4 Å².